The van der Waals surface area contributed by atoms with Crippen LogP contribution in [0.25, 0.3) is 0 Å². The molecule has 0 amide bonds. The van der Waals surface area contributed by atoms with Crippen LogP contribution < -0.4 is 5.32 Å². The Morgan fingerprint density at radius 3 is 2.65 bits per heavy atom. The molecular formula is C27H32N2O2. The molecule has 0 saturated carbocycles. The van der Waals surface area contributed by atoms with E-state index < -0.39 is 5.97 Å². The van der Waals surface area contributed by atoms with Crippen LogP contribution in [-0.4, -0.2) is 15.6 Å². The third-order valence-electron chi connectivity index (χ3n) is 6.85. The maximum absolute atomic E-state index is 12.2. The average molecular weight is 417 g/mol. The molecule has 1 aliphatic carbocycles. The second-order valence-corrected chi connectivity index (χ2v) is 8.87. The van der Waals surface area contributed by atoms with E-state index in [0.717, 1.165) is 36.2 Å². The number of benzene rings is 2. The zero-order chi connectivity index (χ0) is 22.1. The Bertz CT molecular complexity index is 1130. The van der Waals surface area contributed by atoms with Gasteiger partial charge >= 0.3 is 5.97 Å². The van der Waals surface area contributed by atoms with Gasteiger partial charge in [0.1, 0.15) is 0 Å². The van der Waals surface area contributed by atoms with Crippen LogP contribution >= 0.6 is 0 Å². The minimum Gasteiger partial charge on any atom is -0.478 e. The fourth-order valence-corrected chi connectivity index (χ4v) is 5.02. The summed E-state index contributed by atoms with van der Waals surface area (Å²) < 4.78 is 2.16. The van der Waals surface area contributed by atoms with Crippen molar-refractivity contribution < 1.29 is 9.90 Å². The van der Waals surface area contributed by atoms with Crippen molar-refractivity contribution in [1.29, 1.82) is 0 Å². The Hall–Kier alpha value is -2.85. The molecule has 4 rings (SSSR count). The molecule has 0 spiro atoms. The van der Waals surface area contributed by atoms with E-state index >= 15 is 0 Å². The van der Waals surface area contributed by atoms with Gasteiger partial charge in [-0.05, 0) is 69.2 Å². The van der Waals surface area contributed by atoms with Crippen molar-refractivity contribution in [1.82, 2.24) is 9.88 Å². The molecule has 0 fully saturated rings. The first-order valence-electron chi connectivity index (χ1n) is 11.2. The molecule has 1 heterocycles. The van der Waals surface area contributed by atoms with Gasteiger partial charge in [-0.2, -0.15) is 0 Å². The third-order valence-corrected chi connectivity index (χ3v) is 6.85. The molecule has 1 aromatic heterocycles. The van der Waals surface area contributed by atoms with Gasteiger partial charge in [0.25, 0.3) is 0 Å². The maximum Gasteiger partial charge on any atom is 0.337 e. The number of aromatic carboxylic acids is 1. The predicted molar refractivity (Wildman–Crippen MR) is 125 cm³/mol. The number of aryl methyl sites for hydroxylation is 3. The molecule has 0 aliphatic heterocycles. The van der Waals surface area contributed by atoms with Crippen molar-refractivity contribution >= 4 is 5.97 Å². The summed E-state index contributed by atoms with van der Waals surface area (Å²) in [6.07, 6.45) is 3.37. The van der Waals surface area contributed by atoms with Crippen LogP contribution in [0.3, 0.4) is 0 Å². The van der Waals surface area contributed by atoms with Gasteiger partial charge in [-0.15, -0.1) is 0 Å². The number of rotatable bonds is 6. The number of carbonyl (C=O) groups is 1. The van der Waals surface area contributed by atoms with Gasteiger partial charge in [-0.1, -0.05) is 48.0 Å². The Morgan fingerprint density at radius 1 is 1.10 bits per heavy atom. The van der Waals surface area contributed by atoms with Gasteiger partial charge < -0.3 is 15.0 Å². The number of nitrogens with one attached hydrogen (secondary N) is 1. The summed E-state index contributed by atoms with van der Waals surface area (Å²) in [4.78, 5) is 12.2. The molecule has 2 aromatic carbocycles. The van der Waals surface area contributed by atoms with Gasteiger partial charge in [-0.3, -0.25) is 0 Å². The van der Waals surface area contributed by atoms with Crippen molar-refractivity contribution in [2.75, 3.05) is 0 Å². The van der Waals surface area contributed by atoms with Gasteiger partial charge in [0, 0.05) is 36.1 Å². The topological polar surface area (TPSA) is 54.3 Å². The molecule has 2 N–H and O–H groups in total. The Morgan fingerprint density at radius 2 is 1.87 bits per heavy atom. The first kappa shape index (κ1) is 21.4. The third kappa shape index (κ3) is 4.17. The molecule has 0 unspecified atom stereocenters. The van der Waals surface area contributed by atoms with Crippen molar-refractivity contribution in [3.05, 3.63) is 92.8 Å². The Labute approximate surface area is 184 Å². The van der Waals surface area contributed by atoms with Crippen LogP contribution in [0.15, 0.2) is 42.5 Å². The molecule has 162 valence electrons. The van der Waals surface area contributed by atoms with E-state index in [2.05, 4.69) is 73.1 Å². The highest BCUT2D eigenvalue weighted by Crippen LogP contribution is 2.31. The minimum atomic E-state index is -0.846. The highest BCUT2D eigenvalue weighted by molar-refractivity contribution is 5.91. The second kappa shape index (κ2) is 8.72. The van der Waals surface area contributed by atoms with E-state index in [1.165, 1.54) is 27.8 Å². The number of hydrogen-bond acceptors (Lipinski definition) is 2. The second-order valence-electron chi connectivity index (χ2n) is 8.87. The zero-order valence-electron chi connectivity index (χ0n) is 19.0. The first-order chi connectivity index (χ1) is 14.9. The number of nitrogens with zero attached hydrogens (tertiary/aromatic N) is 1. The van der Waals surface area contributed by atoms with Crippen LogP contribution in [-0.2, 0) is 19.5 Å². The smallest absolute Gasteiger partial charge is 0.337 e. The Balaban J connectivity index is 1.65. The molecule has 3 aromatic rings. The SMILES string of the molecule is Cc1ccc(C)c(Cn2c(C)c(CN[C@H]3CCCc4ccccc43)c(C(=O)O)c2C)c1. The predicted octanol–water partition coefficient (Wildman–Crippen LogP) is 5.64. The lowest BCUT2D eigenvalue weighted by molar-refractivity contribution is 0.0694. The molecule has 0 bridgehead atoms. The molecule has 1 atom stereocenters. The van der Waals surface area contributed by atoms with Crippen LogP contribution in [0.4, 0.5) is 0 Å². The number of carboxylic acids is 1. The molecule has 0 radical (unpaired) electrons. The standard InChI is InChI=1S/C27H32N2O2/c1-17-12-13-18(2)22(14-17)16-29-19(3)24(26(20(29)4)27(30)31)15-28-25-11-7-9-21-8-5-6-10-23(21)25/h5-6,8,10,12-14,25,28H,7,9,11,15-16H2,1-4H3,(H,30,31)/t25-/m0/s1. The van der Waals surface area contributed by atoms with Crippen molar-refractivity contribution in [3.63, 3.8) is 0 Å². The molecular weight excluding hydrogens is 384 g/mol. The largest absolute Gasteiger partial charge is 0.478 e. The average Bonchev–Trinajstić information content (AvgIpc) is 2.99. The van der Waals surface area contributed by atoms with Gasteiger partial charge in [-0.25, -0.2) is 4.79 Å². The summed E-state index contributed by atoms with van der Waals surface area (Å²) in [6.45, 7) is 9.45. The molecule has 31 heavy (non-hydrogen) atoms. The van der Waals surface area contributed by atoms with Crippen molar-refractivity contribution in [2.45, 2.75) is 66.1 Å². The van der Waals surface area contributed by atoms with Crippen molar-refractivity contribution in [3.8, 4) is 0 Å². The fraction of sp³-hybridized carbons (Fsp3) is 0.370. The highest BCUT2D eigenvalue weighted by atomic mass is 16.4. The lowest BCUT2D eigenvalue weighted by Gasteiger charge is -2.26. The van der Waals surface area contributed by atoms with Crippen LogP contribution in [0, 0.1) is 27.7 Å². The van der Waals surface area contributed by atoms with E-state index in [-0.39, 0.29) is 6.04 Å². The van der Waals surface area contributed by atoms with Gasteiger partial charge in [0.2, 0.25) is 0 Å². The van der Waals surface area contributed by atoms with Crippen LogP contribution in [0.5, 0.6) is 0 Å². The number of hydrogen-bond donors (Lipinski definition) is 2. The van der Waals surface area contributed by atoms with Gasteiger partial charge in [0.05, 0.1) is 5.56 Å². The van der Waals surface area contributed by atoms with E-state index in [4.69, 9.17) is 0 Å². The summed E-state index contributed by atoms with van der Waals surface area (Å²) in [5.74, 6) is -0.846. The lowest BCUT2D eigenvalue weighted by atomic mass is 9.87. The summed E-state index contributed by atoms with van der Waals surface area (Å²) in [7, 11) is 0. The lowest BCUT2D eigenvalue weighted by Crippen LogP contribution is -2.25. The summed E-state index contributed by atoms with van der Waals surface area (Å²) >= 11 is 0. The monoisotopic (exact) mass is 416 g/mol. The number of aromatic nitrogens is 1. The van der Waals surface area contributed by atoms with Crippen molar-refractivity contribution in [2.24, 2.45) is 0 Å². The summed E-state index contributed by atoms with van der Waals surface area (Å²) in [6, 6.07) is 15.3. The quantitative estimate of drug-likeness (QED) is 0.547. The summed E-state index contributed by atoms with van der Waals surface area (Å²) in [5.41, 5.74) is 9.66. The zero-order valence-corrected chi connectivity index (χ0v) is 19.0. The molecule has 1 aliphatic rings. The first-order valence-corrected chi connectivity index (χ1v) is 11.2. The van der Waals surface area contributed by atoms with Gasteiger partial charge in [0.15, 0.2) is 0 Å². The molecule has 0 saturated heterocycles. The Kier molecular flexibility index (Phi) is 6.01. The summed E-state index contributed by atoms with van der Waals surface area (Å²) in [5, 5.41) is 13.7. The maximum atomic E-state index is 12.2. The normalized spacial score (nSPS) is 15.7. The molecule has 4 nitrogen and oxygen atoms in total. The van der Waals surface area contributed by atoms with Crippen LogP contribution in [0.2, 0.25) is 0 Å². The molecule has 4 heteroatoms. The number of fused-ring (bicyclic) bond motifs is 1. The van der Waals surface area contributed by atoms with E-state index in [1.807, 2.05) is 6.92 Å². The van der Waals surface area contributed by atoms with E-state index in [9.17, 15) is 9.90 Å². The van der Waals surface area contributed by atoms with Crippen LogP contribution in [0.1, 0.15) is 74.0 Å². The number of carboxylic acid groups (broad SMARTS) is 1. The fourth-order valence-electron chi connectivity index (χ4n) is 5.02. The highest BCUT2D eigenvalue weighted by Gasteiger charge is 2.25. The van der Waals surface area contributed by atoms with E-state index in [1.54, 1.807) is 0 Å². The van der Waals surface area contributed by atoms with E-state index in [0.29, 0.717) is 18.7 Å². The minimum absolute atomic E-state index is 0.272.